The number of hydrogen-bond acceptors (Lipinski definition) is 4. The molecular formula is C20H26N6O2. The molecule has 0 aliphatic rings. The number of amidine groups is 1. The number of imidazole rings is 1. The summed E-state index contributed by atoms with van der Waals surface area (Å²) >= 11 is 0. The normalized spacial score (nSPS) is 11.1. The summed E-state index contributed by atoms with van der Waals surface area (Å²) in [5.74, 6) is 0.948. The Hall–Kier alpha value is -3.16. The number of benzene rings is 1. The largest absolute Gasteiger partial charge is 0.363 e. The summed E-state index contributed by atoms with van der Waals surface area (Å²) in [5, 5.41) is 8.06. The number of nitrogens with zero attached hydrogens (tertiary/aromatic N) is 4. The van der Waals surface area contributed by atoms with E-state index in [0.29, 0.717) is 42.3 Å². The van der Waals surface area contributed by atoms with Crippen LogP contribution in [0.4, 0.5) is 0 Å². The maximum absolute atomic E-state index is 12.8. The van der Waals surface area contributed by atoms with Crippen molar-refractivity contribution < 1.29 is 0 Å². The first-order valence-electron chi connectivity index (χ1n) is 9.49. The first kappa shape index (κ1) is 19.6. The van der Waals surface area contributed by atoms with Gasteiger partial charge in [0.1, 0.15) is 17.2 Å². The lowest BCUT2D eigenvalue weighted by Gasteiger charge is -2.13. The van der Waals surface area contributed by atoms with Crippen LogP contribution in [0.1, 0.15) is 32.3 Å². The molecule has 0 aliphatic heterocycles. The van der Waals surface area contributed by atoms with Crippen molar-refractivity contribution in [3.05, 3.63) is 50.7 Å². The number of aryl methyl sites for hydroxylation is 1. The molecule has 0 atom stereocenters. The fourth-order valence-electron chi connectivity index (χ4n) is 3.19. The van der Waals surface area contributed by atoms with Crippen molar-refractivity contribution >= 4 is 17.0 Å². The molecule has 0 bridgehead atoms. The van der Waals surface area contributed by atoms with Gasteiger partial charge in [0.25, 0.3) is 5.56 Å². The van der Waals surface area contributed by atoms with Gasteiger partial charge in [0, 0.05) is 38.3 Å². The van der Waals surface area contributed by atoms with Crippen molar-refractivity contribution in [1.82, 2.24) is 24.0 Å². The number of nitrogens with one attached hydrogen (secondary N) is 2. The maximum Gasteiger partial charge on any atom is 0.332 e. The monoisotopic (exact) mass is 382 g/mol. The van der Waals surface area contributed by atoms with E-state index in [9.17, 15) is 9.59 Å². The van der Waals surface area contributed by atoms with E-state index in [4.69, 9.17) is 5.41 Å². The Balaban J connectivity index is 2.15. The topological polar surface area (TPSA) is 99.8 Å². The molecule has 1 aromatic carbocycles. The van der Waals surface area contributed by atoms with E-state index in [2.05, 4.69) is 9.97 Å². The fourth-order valence-corrected chi connectivity index (χ4v) is 3.19. The number of H-pyrrole nitrogens is 1. The van der Waals surface area contributed by atoms with Crippen LogP contribution in [-0.4, -0.2) is 43.9 Å². The summed E-state index contributed by atoms with van der Waals surface area (Å²) in [7, 11) is 3.65. The van der Waals surface area contributed by atoms with E-state index in [1.54, 1.807) is 9.47 Å². The molecule has 2 aromatic heterocycles. The zero-order valence-corrected chi connectivity index (χ0v) is 16.7. The summed E-state index contributed by atoms with van der Waals surface area (Å²) in [5.41, 5.74) is 1.68. The van der Waals surface area contributed by atoms with Crippen molar-refractivity contribution in [3.63, 3.8) is 0 Å². The van der Waals surface area contributed by atoms with Crippen LogP contribution in [0.2, 0.25) is 0 Å². The predicted molar refractivity (Wildman–Crippen MR) is 111 cm³/mol. The molecule has 0 saturated heterocycles. The first-order chi connectivity index (χ1) is 13.4. The highest BCUT2D eigenvalue weighted by Crippen LogP contribution is 2.19. The van der Waals surface area contributed by atoms with Gasteiger partial charge in [-0.15, -0.1) is 0 Å². The molecule has 0 spiro atoms. The molecule has 0 fully saturated rings. The lowest BCUT2D eigenvalue weighted by Crippen LogP contribution is -2.40. The standard InChI is InChI=1S/C20H26N6O2/c1-5-11-25-18-15(19(27)26(12-6-2)20(25)28)22-17(23-18)14-9-7-13(8-10-14)16(21)24(3)4/h7-10,21H,5-6,11-12H2,1-4H3,(H,22,23). The van der Waals surface area contributed by atoms with Gasteiger partial charge < -0.3 is 9.88 Å². The molecule has 0 amide bonds. The molecule has 2 heterocycles. The van der Waals surface area contributed by atoms with Crippen LogP contribution >= 0.6 is 0 Å². The molecular weight excluding hydrogens is 356 g/mol. The molecule has 28 heavy (non-hydrogen) atoms. The second-order valence-electron chi connectivity index (χ2n) is 7.00. The second-order valence-corrected chi connectivity index (χ2v) is 7.00. The molecule has 2 N–H and O–H groups in total. The smallest absolute Gasteiger partial charge is 0.332 e. The van der Waals surface area contributed by atoms with Crippen molar-refractivity contribution in [3.8, 4) is 11.4 Å². The van der Waals surface area contributed by atoms with Crippen molar-refractivity contribution in [2.24, 2.45) is 0 Å². The summed E-state index contributed by atoms with van der Waals surface area (Å²) in [6, 6.07) is 7.41. The van der Waals surface area contributed by atoms with Gasteiger partial charge in [-0.25, -0.2) is 9.78 Å². The molecule has 8 heteroatoms. The van der Waals surface area contributed by atoms with Gasteiger partial charge >= 0.3 is 5.69 Å². The van der Waals surface area contributed by atoms with Crippen LogP contribution in [0.25, 0.3) is 22.6 Å². The summed E-state index contributed by atoms with van der Waals surface area (Å²) in [4.78, 5) is 35.0. The highest BCUT2D eigenvalue weighted by molar-refractivity contribution is 5.96. The third kappa shape index (κ3) is 3.37. The minimum absolute atomic E-state index is 0.311. The number of aromatic amines is 1. The van der Waals surface area contributed by atoms with Crippen LogP contribution in [0.15, 0.2) is 33.9 Å². The third-order valence-corrected chi connectivity index (χ3v) is 4.63. The van der Waals surface area contributed by atoms with Crippen molar-refractivity contribution in [2.45, 2.75) is 39.8 Å². The Kier molecular flexibility index (Phi) is 5.48. The number of hydrogen-bond donors (Lipinski definition) is 2. The minimum Gasteiger partial charge on any atom is -0.363 e. The molecule has 0 radical (unpaired) electrons. The first-order valence-corrected chi connectivity index (χ1v) is 9.49. The number of rotatable bonds is 6. The predicted octanol–water partition coefficient (Wildman–Crippen LogP) is 2.26. The van der Waals surface area contributed by atoms with Gasteiger partial charge in [-0.05, 0) is 12.8 Å². The van der Waals surface area contributed by atoms with Crippen molar-refractivity contribution in [1.29, 1.82) is 5.41 Å². The second kappa shape index (κ2) is 7.84. The molecule has 0 unspecified atom stereocenters. The van der Waals surface area contributed by atoms with E-state index < -0.39 is 0 Å². The Bertz CT molecular complexity index is 1120. The van der Waals surface area contributed by atoms with Gasteiger partial charge in [0.15, 0.2) is 5.65 Å². The molecule has 8 nitrogen and oxygen atoms in total. The quantitative estimate of drug-likeness (QED) is 0.504. The summed E-state index contributed by atoms with van der Waals surface area (Å²) in [6.07, 6.45) is 1.47. The molecule has 3 aromatic rings. The third-order valence-electron chi connectivity index (χ3n) is 4.63. The Morgan fingerprint density at radius 1 is 1.07 bits per heavy atom. The Morgan fingerprint density at radius 2 is 1.68 bits per heavy atom. The lowest BCUT2D eigenvalue weighted by molar-refractivity contribution is 0.555. The SMILES string of the molecule is CCCn1c(=O)c2[nH]c(-c3ccc(C(=N)N(C)C)cc3)nc2n(CCC)c1=O. The maximum atomic E-state index is 12.8. The minimum atomic E-state index is -0.334. The van der Waals surface area contributed by atoms with Gasteiger partial charge in [0.2, 0.25) is 0 Å². The van der Waals surface area contributed by atoms with E-state index in [1.165, 1.54) is 4.57 Å². The molecule has 3 rings (SSSR count). The zero-order chi connectivity index (χ0) is 20.4. The number of fused-ring (bicyclic) bond motifs is 1. The van der Waals surface area contributed by atoms with E-state index in [0.717, 1.165) is 17.5 Å². The van der Waals surface area contributed by atoms with E-state index in [-0.39, 0.29) is 11.2 Å². The summed E-state index contributed by atoms with van der Waals surface area (Å²) in [6.45, 7) is 4.81. The van der Waals surface area contributed by atoms with Crippen LogP contribution < -0.4 is 11.2 Å². The highest BCUT2D eigenvalue weighted by Gasteiger charge is 2.17. The van der Waals surface area contributed by atoms with E-state index in [1.807, 2.05) is 52.2 Å². The van der Waals surface area contributed by atoms with Crippen LogP contribution in [-0.2, 0) is 13.1 Å². The van der Waals surface area contributed by atoms with Gasteiger partial charge in [-0.1, -0.05) is 38.1 Å². The van der Waals surface area contributed by atoms with Gasteiger partial charge in [-0.3, -0.25) is 19.3 Å². The summed E-state index contributed by atoms with van der Waals surface area (Å²) < 4.78 is 2.85. The lowest BCUT2D eigenvalue weighted by atomic mass is 10.1. The fraction of sp³-hybridized carbons (Fsp3) is 0.400. The van der Waals surface area contributed by atoms with Gasteiger partial charge in [0.05, 0.1) is 0 Å². The molecule has 148 valence electrons. The average Bonchev–Trinajstić information content (AvgIpc) is 3.13. The average molecular weight is 382 g/mol. The van der Waals surface area contributed by atoms with Crippen LogP contribution in [0.5, 0.6) is 0 Å². The molecule has 0 saturated carbocycles. The Labute approximate surface area is 163 Å². The molecule has 0 aliphatic carbocycles. The van der Waals surface area contributed by atoms with Crippen LogP contribution in [0.3, 0.4) is 0 Å². The zero-order valence-electron chi connectivity index (χ0n) is 16.7. The van der Waals surface area contributed by atoms with E-state index >= 15 is 0 Å². The number of aromatic nitrogens is 4. The van der Waals surface area contributed by atoms with Gasteiger partial charge in [-0.2, -0.15) is 0 Å². The van der Waals surface area contributed by atoms with Crippen molar-refractivity contribution in [2.75, 3.05) is 14.1 Å². The Morgan fingerprint density at radius 3 is 2.25 bits per heavy atom. The highest BCUT2D eigenvalue weighted by atomic mass is 16.2. The van der Waals surface area contributed by atoms with Crippen LogP contribution in [0, 0.1) is 5.41 Å².